The molecule has 0 aliphatic carbocycles. The lowest BCUT2D eigenvalue weighted by Gasteiger charge is -2.33. The van der Waals surface area contributed by atoms with Crippen LogP contribution in [0.25, 0.3) is 0 Å². The van der Waals surface area contributed by atoms with Crippen LogP contribution in [0.2, 0.25) is 0 Å². The molecule has 0 radical (unpaired) electrons. The maximum absolute atomic E-state index is 10.1. The molecule has 0 aliphatic rings. The molecule has 12 heavy (non-hydrogen) atoms. The van der Waals surface area contributed by atoms with E-state index < -0.39 is 5.60 Å². The molecule has 0 rings (SSSR count). The van der Waals surface area contributed by atoms with Gasteiger partial charge in [0.05, 0.1) is 5.60 Å². The maximum Gasteiger partial charge on any atom is 0.0670 e. The van der Waals surface area contributed by atoms with E-state index in [1.807, 2.05) is 0 Å². The largest absolute Gasteiger partial charge is 0.412 e. The van der Waals surface area contributed by atoms with E-state index in [0.29, 0.717) is 5.92 Å². The zero-order chi connectivity index (χ0) is 8.91. The average molecular weight is 176 g/mol. The van der Waals surface area contributed by atoms with Crippen LogP contribution in [-0.2, 0) is 0 Å². The zero-order valence-electron chi connectivity index (χ0n) is 8.85. The Hall–Kier alpha value is -0.0800. The van der Waals surface area contributed by atoms with Crippen molar-refractivity contribution in [2.45, 2.75) is 59.0 Å². The van der Waals surface area contributed by atoms with Crippen LogP contribution in [0, 0.1) is 5.92 Å². The van der Waals surface area contributed by atoms with E-state index >= 15 is 0 Å². The normalized spacial score (nSPS) is 11.5. The summed E-state index contributed by atoms with van der Waals surface area (Å²) in [5.74, 6) is 0.484. The molecular formula is C10H24O2. The van der Waals surface area contributed by atoms with E-state index in [1.165, 1.54) is 0 Å². The molecule has 0 amide bonds. The van der Waals surface area contributed by atoms with E-state index in [2.05, 4.69) is 27.7 Å². The Morgan fingerprint density at radius 3 is 1.42 bits per heavy atom. The van der Waals surface area contributed by atoms with Gasteiger partial charge in [-0.15, -0.1) is 0 Å². The van der Waals surface area contributed by atoms with Crippen molar-refractivity contribution >= 4 is 0 Å². The molecule has 3 N–H and O–H groups in total. The smallest absolute Gasteiger partial charge is 0.0670 e. The third kappa shape index (κ3) is 3.11. The van der Waals surface area contributed by atoms with Crippen LogP contribution in [0.3, 0.4) is 0 Å². The fourth-order valence-electron chi connectivity index (χ4n) is 1.88. The third-order valence-corrected chi connectivity index (χ3v) is 2.97. The summed E-state index contributed by atoms with van der Waals surface area (Å²) in [6.45, 7) is 8.46. The van der Waals surface area contributed by atoms with Gasteiger partial charge in [0.1, 0.15) is 0 Å². The predicted molar refractivity (Wildman–Crippen MR) is 53.2 cm³/mol. The highest BCUT2D eigenvalue weighted by Crippen LogP contribution is 2.29. The minimum Gasteiger partial charge on any atom is -0.412 e. The van der Waals surface area contributed by atoms with E-state index in [0.717, 1.165) is 25.7 Å². The molecular weight excluding hydrogens is 152 g/mol. The first-order chi connectivity index (χ1) is 5.14. The summed E-state index contributed by atoms with van der Waals surface area (Å²) in [7, 11) is 0. The lowest BCUT2D eigenvalue weighted by molar-refractivity contribution is -0.0288. The van der Waals surface area contributed by atoms with Crippen LogP contribution in [0.1, 0.15) is 53.4 Å². The van der Waals surface area contributed by atoms with Gasteiger partial charge in [0.25, 0.3) is 0 Å². The minimum atomic E-state index is -0.399. The van der Waals surface area contributed by atoms with Crippen LogP contribution in [0.4, 0.5) is 0 Å². The summed E-state index contributed by atoms with van der Waals surface area (Å²) in [5.41, 5.74) is -0.399. The highest BCUT2D eigenvalue weighted by Gasteiger charge is 2.30. The highest BCUT2D eigenvalue weighted by molar-refractivity contribution is 4.82. The Bertz CT molecular complexity index is 94.0. The lowest BCUT2D eigenvalue weighted by atomic mass is 9.80. The third-order valence-electron chi connectivity index (χ3n) is 2.97. The van der Waals surface area contributed by atoms with Gasteiger partial charge < -0.3 is 10.6 Å². The Morgan fingerprint density at radius 2 is 1.33 bits per heavy atom. The van der Waals surface area contributed by atoms with Gasteiger partial charge in [0.15, 0.2) is 0 Å². The van der Waals surface area contributed by atoms with Crippen molar-refractivity contribution in [3.8, 4) is 0 Å². The van der Waals surface area contributed by atoms with Gasteiger partial charge in [-0.1, -0.05) is 40.5 Å². The van der Waals surface area contributed by atoms with Crippen molar-refractivity contribution in [1.82, 2.24) is 0 Å². The first-order valence-electron chi connectivity index (χ1n) is 4.86. The predicted octanol–water partition coefficient (Wildman–Crippen LogP) is 2.15. The molecule has 0 saturated heterocycles. The van der Waals surface area contributed by atoms with Crippen molar-refractivity contribution in [1.29, 1.82) is 0 Å². The quantitative estimate of drug-likeness (QED) is 0.685. The van der Waals surface area contributed by atoms with Gasteiger partial charge in [-0.2, -0.15) is 0 Å². The Kier molecular flexibility index (Phi) is 7.75. The Labute approximate surface area is 76.3 Å². The second kappa shape index (κ2) is 6.44. The molecule has 0 saturated carbocycles. The van der Waals surface area contributed by atoms with Crippen LogP contribution in [0.5, 0.6) is 0 Å². The van der Waals surface area contributed by atoms with Crippen LogP contribution >= 0.6 is 0 Å². The van der Waals surface area contributed by atoms with E-state index in [1.54, 1.807) is 0 Å². The fourth-order valence-corrected chi connectivity index (χ4v) is 1.88. The summed E-state index contributed by atoms with van der Waals surface area (Å²) in [5, 5.41) is 10.1. The van der Waals surface area contributed by atoms with Crippen molar-refractivity contribution in [2.24, 2.45) is 5.92 Å². The minimum absolute atomic E-state index is 0. The molecule has 2 nitrogen and oxygen atoms in total. The summed E-state index contributed by atoms with van der Waals surface area (Å²) < 4.78 is 0. The van der Waals surface area contributed by atoms with Crippen molar-refractivity contribution in [3.63, 3.8) is 0 Å². The molecule has 0 atom stereocenters. The van der Waals surface area contributed by atoms with Gasteiger partial charge in [0, 0.05) is 0 Å². The van der Waals surface area contributed by atoms with Gasteiger partial charge in [-0.05, 0) is 18.8 Å². The number of hydrogen-bond acceptors (Lipinski definition) is 1. The average Bonchev–Trinajstić information content (AvgIpc) is 2.06. The second-order valence-corrected chi connectivity index (χ2v) is 3.32. The summed E-state index contributed by atoms with van der Waals surface area (Å²) >= 11 is 0. The van der Waals surface area contributed by atoms with Gasteiger partial charge in [-0.25, -0.2) is 0 Å². The zero-order valence-corrected chi connectivity index (χ0v) is 8.85. The molecule has 0 unspecified atom stereocenters. The molecule has 0 aromatic heterocycles. The monoisotopic (exact) mass is 176 g/mol. The SMILES string of the molecule is CCC(CC)C(O)(CC)CC.O. The van der Waals surface area contributed by atoms with E-state index in [9.17, 15) is 5.11 Å². The van der Waals surface area contributed by atoms with E-state index in [-0.39, 0.29) is 5.48 Å². The topological polar surface area (TPSA) is 51.7 Å². The number of rotatable bonds is 5. The number of aliphatic hydroxyl groups is 1. The Morgan fingerprint density at radius 1 is 1.00 bits per heavy atom. The first kappa shape index (κ1) is 14.4. The summed E-state index contributed by atoms with van der Waals surface area (Å²) in [4.78, 5) is 0. The van der Waals surface area contributed by atoms with Crippen LogP contribution < -0.4 is 0 Å². The highest BCUT2D eigenvalue weighted by atomic mass is 16.3. The fraction of sp³-hybridized carbons (Fsp3) is 1.00. The van der Waals surface area contributed by atoms with Crippen LogP contribution in [-0.4, -0.2) is 16.2 Å². The molecule has 0 heterocycles. The molecule has 0 aromatic rings. The van der Waals surface area contributed by atoms with Crippen molar-refractivity contribution in [3.05, 3.63) is 0 Å². The second-order valence-electron chi connectivity index (χ2n) is 3.32. The summed E-state index contributed by atoms with van der Waals surface area (Å²) in [6.07, 6.45) is 3.95. The molecule has 0 aromatic carbocycles. The maximum atomic E-state index is 10.1. The number of hydrogen-bond donors (Lipinski definition) is 1. The standard InChI is InChI=1S/C10H22O.H2O/c1-5-9(6-2)10(11,7-3)8-4;/h9,11H,5-8H2,1-4H3;1H2. The van der Waals surface area contributed by atoms with Crippen molar-refractivity contribution < 1.29 is 10.6 Å². The lowest BCUT2D eigenvalue weighted by Crippen LogP contribution is -2.35. The van der Waals surface area contributed by atoms with Gasteiger partial charge >= 0.3 is 0 Å². The molecule has 0 fully saturated rings. The summed E-state index contributed by atoms with van der Waals surface area (Å²) in [6, 6.07) is 0. The molecule has 0 bridgehead atoms. The van der Waals surface area contributed by atoms with E-state index in [4.69, 9.17) is 0 Å². The molecule has 0 spiro atoms. The van der Waals surface area contributed by atoms with Crippen molar-refractivity contribution in [2.75, 3.05) is 0 Å². The molecule has 2 heteroatoms. The van der Waals surface area contributed by atoms with Gasteiger partial charge in [0.2, 0.25) is 0 Å². The Balaban J connectivity index is 0. The molecule has 76 valence electrons. The van der Waals surface area contributed by atoms with Crippen LogP contribution in [0.15, 0.2) is 0 Å². The first-order valence-corrected chi connectivity index (χ1v) is 4.86. The molecule has 0 aliphatic heterocycles. The van der Waals surface area contributed by atoms with Gasteiger partial charge in [-0.3, -0.25) is 0 Å².